The number of thiazole rings is 1. The van der Waals surface area contributed by atoms with Crippen LogP contribution in [0.15, 0.2) is 17.8 Å². The first-order valence-corrected chi connectivity index (χ1v) is 7.25. The minimum atomic E-state index is 0.0377. The molecule has 1 amide bonds. The number of hydrogen-bond donors (Lipinski definition) is 0. The summed E-state index contributed by atoms with van der Waals surface area (Å²) in [6, 6.07) is 0.142. The van der Waals surface area contributed by atoms with Crippen LogP contribution in [0.2, 0.25) is 0 Å². The molecule has 0 aromatic carbocycles. The molecule has 0 spiro atoms. The first-order valence-electron chi connectivity index (χ1n) is 6.37. The Hall–Kier alpha value is -1.69. The lowest BCUT2D eigenvalue weighted by Gasteiger charge is -2.22. The van der Waals surface area contributed by atoms with E-state index in [-0.39, 0.29) is 11.9 Å². The van der Waals surface area contributed by atoms with E-state index in [9.17, 15) is 4.79 Å². The molecular weight excluding hydrogens is 260 g/mol. The minimum Gasteiger partial charge on any atom is -0.330 e. The molecule has 0 radical (unpaired) electrons. The van der Waals surface area contributed by atoms with Crippen molar-refractivity contribution < 1.29 is 4.79 Å². The summed E-state index contributed by atoms with van der Waals surface area (Å²) in [5.74, 6) is 0.0377. The number of likely N-dealkylation sites (tertiary alicyclic amines) is 1. The molecule has 3 heterocycles. The number of carbonyl (C=O) groups excluding carboxylic acids is 1. The van der Waals surface area contributed by atoms with Crippen molar-refractivity contribution in [1.29, 1.82) is 0 Å². The summed E-state index contributed by atoms with van der Waals surface area (Å²) in [5, 5.41) is 6.97. The topological polar surface area (TPSA) is 51.0 Å². The zero-order valence-corrected chi connectivity index (χ0v) is 11.9. The molecule has 19 heavy (non-hydrogen) atoms. The lowest BCUT2D eigenvalue weighted by Crippen LogP contribution is -2.30. The van der Waals surface area contributed by atoms with Crippen LogP contribution in [0.5, 0.6) is 0 Å². The van der Waals surface area contributed by atoms with E-state index in [1.165, 1.54) is 11.3 Å². The molecule has 0 saturated carbocycles. The summed E-state index contributed by atoms with van der Waals surface area (Å²) in [6.45, 7) is 2.72. The van der Waals surface area contributed by atoms with Crippen molar-refractivity contribution in [2.24, 2.45) is 7.05 Å². The van der Waals surface area contributed by atoms with E-state index in [0.717, 1.165) is 30.0 Å². The molecule has 2 aromatic rings. The van der Waals surface area contributed by atoms with Crippen molar-refractivity contribution in [2.45, 2.75) is 25.8 Å². The van der Waals surface area contributed by atoms with E-state index in [4.69, 9.17) is 0 Å². The summed E-state index contributed by atoms with van der Waals surface area (Å²) < 4.78 is 1.78. The van der Waals surface area contributed by atoms with E-state index >= 15 is 0 Å². The van der Waals surface area contributed by atoms with Gasteiger partial charge in [-0.15, -0.1) is 11.3 Å². The van der Waals surface area contributed by atoms with Gasteiger partial charge >= 0.3 is 0 Å². The van der Waals surface area contributed by atoms with Gasteiger partial charge in [0.25, 0.3) is 5.91 Å². The van der Waals surface area contributed by atoms with Crippen LogP contribution in [0.25, 0.3) is 0 Å². The van der Waals surface area contributed by atoms with Gasteiger partial charge in [0.15, 0.2) is 0 Å². The Balaban J connectivity index is 1.85. The molecule has 1 aliphatic rings. The largest absolute Gasteiger partial charge is 0.330 e. The summed E-state index contributed by atoms with van der Waals surface area (Å²) in [4.78, 5) is 18.7. The monoisotopic (exact) mass is 276 g/mol. The van der Waals surface area contributed by atoms with Crippen LogP contribution >= 0.6 is 11.3 Å². The maximum absolute atomic E-state index is 12.5. The molecule has 0 N–H and O–H groups in total. The number of aromatic nitrogens is 3. The third-order valence-electron chi connectivity index (χ3n) is 3.46. The average molecular weight is 276 g/mol. The molecule has 0 bridgehead atoms. The van der Waals surface area contributed by atoms with Crippen molar-refractivity contribution in [3.05, 3.63) is 34.0 Å². The highest BCUT2D eigenvalue weighted by molar-refractivity contribution is 7.09. The van der Waals surface area contributed by atoms with E-state index < -0.39 is 0 Å². The SMILES string of the molecule is Cc1nc(C(=O)N2CCC[C@H]2c2cnn(C)c2)cs1. The highest BCUT2D eigenvalue weighted by atomic mass is 32.1. The number of amides is 1. The third kappa shape index (κ3) is 2.28. The maximum Gasteiger partial charge on any atom is 0.273 e. The Kier molecular flexibility index (Phi) is 3.10. The van der Waals surface area contributed by atoms with Crippen LogP contribution in [0.4, 0.5) is 0 Å². The van der Waals surface area contributed by atoms with Crippen molar-refractivity contribution in [2.75, 3.05) is 6.54 Å². The van der Waals surface area contributed by atoms with Gasteiger partial charge in [-0.25, -0.2) is 4.98 Å². The molecule has 5 nitrogen and oxygen atoms in total. The molecule has 0 unspecified atom stereocenters. The smallest absolute Gasteiger partial charge is 0.273 e. The van der Waals surface area contributed by atoms with Crippen LogP contribution in [-0.4, -0.2) is 32.1 Å². The highest BCUT2D eigenvalue weighted by Crippen LogP contribution is 2.32. The Morgan fingerprint density at radius 1 is 1.53 bits per heavy atom. The first-order chi connectivity index (χ1) is 9.15. The van der Waals surface area contributed by atoms with Crippen LogP contribution < -0.4 is 0 Å². The predicted octanol–water partition coefficient (Wildman–Crippen LogP) is 2.16. The number of rotatable bonds is 2. The lowest BCUT2D eigenvalue weighted by molar-refractivity contribution is 0.0730. The predicted molar refractivity (Wildman–Crippen MR) is 73.1 cm³/mol. The number of carbonyl (C=O) groups is 1. The van der Waals surface area contributed by atoms with Crippen LogP contribution in [0, 0.1) is 6.92 Å². The van der Waals surface area contributed by atoms with Crippen molar-refractivity contribution in [3.63, 3.8) is 0 Å². The van der Waals surface area contributed by atoms with Crippen LogP contribution in [0.1, 0.15) is 39.9 Å². The fourth-order valence-corrected chi connectivity index (χ4v) is 3.16. The van der Waals surface area contributed by atoms with Gasteiger partial charge in [-0.1, -0.05) is 0 Å². The van der Waals surface area contributed by atoms with Gasteiger partial charge in [0, 0.05) is 30.7 Å². The highest BCUT2D eigenvalue weighted by Gasteiger charge is 2.32. The fourth-order valence-electron chi connectivity index (χ4n) is 2.58. The van der Waals surface area contributed by atoms with Gasteiger partial charge in [0.2, 0.25) is 0 Å². The molecule has 1 saturated heterocycles. The van der Waals surface area contributed by atoms with Gasteiger partial charge in [-0.2, -0.15) is 5.10 Å². The Morgan fingerprint density at radius 3 is 3.00 bits per heavy atom. The summed E-state index contributed by atoms with van der Waals surface area (Å²) in [7, 11) is 1.90. The van der Waals surface area contributed by atoms with E-state index in [0.29, 0.717) is 5.69 Å². The van der Waals surface area contributed by atoms with E-state index in [2.05, 4.69) is 10.1 Å². The van der Waals surface area contributed by atoms with Gasteiger partial charge < -0.3 is 4.90 Å². The number of aryl methyl sites for hydroxylation is 2. The van der Waals surface area contributed by atoms with Gasteiger partial charge in [0.1, 0.15) is 5.69 Å². The molecule has 1 aliphatic heterocycles. The van der Waals surface area contributed by atoms with Gasteiger partial charge in [0.05, 0.1) is 17.2 Å². The van der Waals surface area contributed by atoms with Crippen molar-refractivity contribution in [3.8, 4) is 0 Å². The normalized spacial score (nSPS) is 19.1. The zero-order chi connectivity index (χ0) is 13.4. The standard InChI is InChI=1S/C13H16N4OS/c1-9-15-11(8-19-9)13(18)17-5-3-4-12(17)10-6-14-16(2)7-10/h6-8,12H,3-5H2,1-2H3/t12-/m0/s1. The molecule has 100 valence electrons. The molecule has 1 atom stereocenters. The average Bonchev–Trinajstić information content (AvgIpc) is 3.07. The fraction of sp³-hybridized carbons (Fsp3) is 0.462. The quantitative estimate of drug-likeness (QED) is 0.844. The van der Waals surface area contributed by atoms with Crippen LogP contribution in [0.3, 0.4) is 0 Å². The van der Waals surface area contributed by atoms with Crippen molar-refractivity contribution >= 4 is 17.2 Å². The third-order valence-corrected chi connectivity index (χ3v) is 4.23. The lowest BCUT2D eigenvalue weighted by atomic mass is 10.1. The molecule has 3 rings (SSSR count). The second-order valence-corrected chi connectivity index (χ2v) is 5.92. The second kappa shape index (κ2) is 4.77. The summed E-state index contributed by atoms with van der Waals surface area (Å²) >= 11 is 1.52. The Bertz CT molecular complexity index is 603. The minimum absolute atomic E-state index is 0.0377. The molecule has 6 heteroatoms. The summed E-state index contributed by atoms with van der Waals surface area (Å²) in [6.07, 6.45) is 5.88. The van der Waals surface area contributed by atoms with E-state index in [1.807, 2.05) is 36.6 Å². The Morgan fingerprint density at radius 2 is 2.37 bits per heavy atom. The molecule has 1 fully saturated rings. The number of nitrogens with zero attached hydrogens (tertiary/aromatic N) is 4. The first kappa shape index (κ1) is 12.3. The maximum atomic E-state index is 12.5. The van der Waals surface area contributed by atoms with Crippen molar-refractivity contribution in [1.82, 2.24) is 19.7 Å². The summed E-state index contributed by atoms with van der Waals surface area (Å²) in [5.41, 5.74) is 1.68. The van der Waals surface area contributed by atoms with Gasteiger partial charge in [-0.05, 0) is 19.8 Å². The van der Waals surface area contributed by atoms with Gasteiger partial charge in [-0.3, -0.25) is 9.48 Å². The molecule has 2 aromatic heterocycles. The molecule has 0 aliphatic carbocycles. The second-order valence-electron chi connectivity index (χ2n) is 4.86. The Labute approximate surface area is 115 Å². The number of hydrogen-bond acceptors (Lipinski definition) is 4. The zero-order valence-electron chi connectivity index (χ0n) is 11.0. The molecular formula is C13H16N4OS. The van der Waals surface area contributed by atoms with E-state index in [1.54, 1.807) is 4.68 Å². The van der Waals surface area contributed by atoms with Crippen LogP contribution in [-0.2, 0) is 7.05 Å².